The Morgan fingerprint density at radius 2 is 2.13 bits per heavy atom. The fourth-order valence-electron chi connectivity index (χ4n) is 2.43. The fraction of sp³-hybridized carbons (Fsp3) is 0.538. The van der Waals surface area contributed by atoms with Crippen LogP contribution in [0.25, 0.3) is 0 Å². The Hall–Kier alpha value is -0.890. The maximum Gasteiger partial charge on any atom is 0.127 e. The first-order chi connectivity index (χ1) is 7.04. The zero-order chi connectivity index (χ0) is 11.1. The minimum atomic E-state index is -0.0933. The van der Waals surface area contributed by atoms with Crippen molar-refractivity contribution in [2.45, 2.75) is 39.2 Å². The first kappa shape index (κ1) is 10.6. The highest BCUT2D eigenvalue weighted by molar-refractivity contribution is 5.40. The molecule has 1 aliphatic heterocycles. The molecule has 0 saturated carbocycles. The summed E-state index contributed by atoms with van der Waals surface area (Å²) in [6.07, 6.45) is 0.893. The van der Waals surface area contributed by atoms with E-state index in [0.29, 0.717) is 0 Å². The van der Waals surface area contributed by atoms with Gasteiger partial charge in [0, 0.05) is 18.5 Å². The van der Waals surface area contributed by atoms with Gasteiger partial charge in [0.1, 0.15) is 5.82 Å². The summed E-state index contributed by atoms with van der Waals surface area (Å²) in [4.78, 5) is 0. The molecule has 0 atom stereocenters. The van der Waals surface area contributed by atoms with Crippen LogP contribution >= 0.6 is 0 Å². The van der Waals surface area contributed by atoms with E-state index in [1.807, 2.05) is 0 Å². The summed E-state index contributed by atoms with van der Waals surface area (Å²) in [5.74, 6) is -0.0316. The van der Waals surface area contributed by atoms with Crippen LogP contribution in [0.15, 0.2) is 12.1 Å². The zero-order valence-electron chi connectivity index (χ0n) is 9.65. The van der Waals surface area contributed by atoms with Crippen molar-refractivity contribution in [3.8, 4) is 0 Å². The van der Waals surface area contributed by atoms with Gasteiger partial charge < -0.3 is 5.32 Å². The van der Waals surface area contributed by atoms with Crippen molar-refractivity contribution in [3.05, 3.63) is 34.6 Å². The minimum absolute atomic E-state index is 0.0316. The lowest BCUT2D eigenvalue weighted by molar-refractivity contribution is 0.410. The molecule has 2 rings (SSSR count). The summed E-state index contributed by atoms with van der Waals surface area (Å²) in [6, 6.07) is 3.82. The highest BCUT2D eigenvalue weighted by atomic mass is 19.1. The second kappa shape index (κ2) is 3.60. The van der Waals surface area contributed by atoms with E-state index in [2.05, 4.69) is 32.2 Å². The molecule has 0 amide bonds. The highest BCUT2D eigenvalue weighted by Gasteiger charge is 2.30. The Morgan fingerprint density at radius 3 is 2.80 bits per heavy atom. The van der Waals surface area contributed by atoms with Crippen LogP contribution in [0.4, 0.5) is 4.39 Å². The average molecular weight is 207 g/mol. The summed E-state index contributed by atoms with van der Waals surface area (Å²) in [5.41, 5.74) is 3.02. The molecule has 1 N–H and O–H groups in total. The van der Waals surface area contributed by atoms with E-state index < -0.39 is 0 Å². The van der Waals surface area contributed by atoms with E-state index in [0.717, 1.165) is 36.2 Å². The molecule has 0 saturated heterocycles. The van der Waals surface area contributed by atoms with Gasteiger partial charge in [-0.05, 0) is 29.2 Å². The molecule has 1 heterocycles. The Labute approximate surface area is 90.7 Å². The predicted octanol–water partition coefficient (Wildman–Crippen LogP) is 2.77. The van der Waals surface area contributed by atoms with Gasteiger partial charge in [0.15, 0.2) is 0 Å². The van der Waals surface area contributed by atoms with E-state index in [1.54, 1.807) is 6.07 Å². The van der Waals surface area contributed by atoms with Crippen molar-refractivity contribution in [3.63, 3.8) is 0 Å². The molecule has 0 bridgehead atoms. The standard InChI is InChI=1S/C13H18FN/c1-4-9-5-10-7-15-8-13(2,3)12(10)11(14)6-9/h5-6,15H,4,7-8H2,1-3H3. The van der Waals surface area contributed by atoms with Gasteiger partial charge in [0.2, 0.25) is 0 Å². The largest absolute Gasteiger partial charge is 0.312 e. The third-order valence-electron chi connectivity index (χ3n) is 3.20. The molecule has 1 aromatic carbocycles. The van der Waals surface area contributed by atoms with Crippen molar-refractivity contribution in [2.24, 2.45) is 0 Å². The zero-order valence-corrected chi connectivity index (χ0v) is 9.65. The number of rotatable bonds is 1. The van der Waals surface area contributed by atoms with Gasteiger partial charge in [-0.2, -0.15) is 0 Å². The SMILES string of the molecule is CCc1cc(F)c2c(c1)CNCC2(C)C. The van der Waals surface area contributed by atoms with Crippen LogP contribution in [-0.4, -0.2) is 6.54 Å². The lowest BCUT2D eigenvalue weighted by Crippen LogP contribution is -2.39. The highest BCUT2D eigenvalue weighted by Crippen LogP contribution is 2.32. The summed E-state index contributed by atoms with van der Waals surface area (Å²) in [5, 5.41) is 3.34. The maximum atomic E-state index is 14.0. The molecular weight excluding hydrogens is 189 g/mol. The summed E-state index contributed by atoms with van der Waals surface area (Å²) < 4.78 is 14.0. The van der Waals surface area contributed by atoms with Crippen molar-refractivity contribution in [2.75, 3.05) is 6.54 Å². The molecule has 15 heavy (non-hydrogen) atoms. The van der Waals surface area contributed by atoms with Crippen LogP contribution < -0.4 is 5.32 Å². The van der Waals surface area contributed by atoms with Gasteiger partial charge >= 0.3 is 0 Å². The third-order valence-corrected chi connectivity index (χ3v) is 3.20. The molecule has 0 aromatic heterocycles. The van der Waals surface area contributed by atoms with Crippen LogP contribution in [0.2, 0.25) is 0 Å². The molecule has 0 unspecified atom stereocenters. The minimum Gasteiger partial charge on any atom is -0.312 e. The number of aryl methyl sites for hydroxylation is 1. The molecular formula is C13H18FN. The van der Waals surface area contributed by atoms with E-state index in [1.165, 1.54) is 0 Å². The Balaban J connectivity index is 2.58. The molecule has 0 spiro atoms. The monoisotopic (exact) mass is 207 g/mol. The van der Waals surface area contributed by atoms with Crippen molar-refractivity contribution >= 4 is 0 Å². The fourth-order valence-corrected chi connectivity index (χ4v) is 2.43. The Kier molecular flexibility index (Phi) is 2.55. The topological polar surface area (TPSA) is 12.0 Å². The molecule has 0 radical (unpaired) electrons. The lowest BCUT2D eigenvalue weighted by Gasteiger charge is -2.33. The van der Waals surface area contributed by atoms with E-state index in [4.69, 9.17) is 0 Å². The maximum absolute atomic E-state index is 14.0. The van der Waals surface area contributed by atoms with Crippen molar-refractivity contribution in [1.29, 1.82) is 0 Å². The summed E-state index contributed by atoms with van der Waals surface area (Å²) in [7, 11) is 0. The summed E-state index contributed by atoms with van der Waals surface area (Å²) >= 11 is 0. The molecule has 82 valence electrons. The van der Waals surface area contributed by atoms with Crippen LogP contribution in [0.5, 0.6) is 0 Å². The summed E-state index contributed by atoms with van der Waals surface area (Å²) in [6.45, 7) is 7.88. The number of fused-ring (bicyclic) bond motifs is 1. The van der Waals surface area contributed by atoms with E-state index >= 15 is 0 Å². The number of benzene rings is 1. The predicted molar refractivity (Wildman–Crippen MR) is 60.5 cm³/mol. The first-order valence-corrected chi connectivity index (χ1v) is 5.57. The van der Waals surface area contributed by atoms with Gasteiger partial charge in [0.05, 0.1) is 0 Å². The molecule has 0 fully saturated rings. The number of nitrogens with one attached hydrogen (secondary N) is 1. The normalized spacial score (nSPS) is 18.7. The van der Waals surface area contributed by atoms with Gasteiger partial charge in [0.25, 0.3) is 0 Å². The molecule has 0 aliphatic carbocycles. The Bertz CT molecular complexity index is 382. The molecule has 1 aliphatic rings. The quantitative estimate of drug-likeness (QED) is 0.746. The van der Waals surface area contributed by atoms with E-state index in [-0.39, 0.29) is 11.2 Å². The smallest absolute Gasteiger partial charge is 0.127 e. The van der Waals surface area contributed by atoms with Crippen molar-refractivity contribution in [1.82, 2.24) is 5.32 Å². The first-order valence-electron chi connectivity index (χ1n) is 5.57. The van der Waals surface area contributed by atoms with Gasteiger partial charge in [-0.3, -0.25) is 0 Å². The van der Waals surface area contributed by atoms with Gasteiger partial charge in [-0.1, -0.05) is 26.8 Å². The van der Waals surface area contributed by atoms with Crippen LogP contribution in [0.1, 0.15) is 37.5 Å². The number of hydrogen-bond acceptors (Lipinski definition) is 1. The second-order valence-electron chi connectivity index (χ2n) is 4.95. The van der Waals surface area contributed by atoms with Gasteiger partial charge in [-0.15, -0.1) is 0 Å². The third kappa shape index (κ3) is 1.78. The average Bonchev–Trinajstić information content (AvgIpc) is 2.15. The van der Waals surface area contributed by atoms with Gasteiger partial charge in [-0.25, -0.2) is 4.39 Å². The number of hydrogen-bond donors (Lipinski definition) is 1. The number of halogens is 1. The lowest BCUT2D eigenvalue weighted by atomic mass is 9.78. The molecule has 2 heteroatoms. The van der Waals surface area contributed by atoms with E-state index in [9.17, 15) is 4.39 Å². The Morgan fingerprint density at radius 1 is 1.40 bits per heavy atom. The van der Waals surface area contributed by atoms with Crippen LogP contribution in [-0.2, 0) is 18.4 Å². The van der Waals surface area contributed by atoms with Crippen LogP contribution in [0.3, 0.4) is 0 Å². The van der Waals surface area contributed by atoms with Crippen LogP contribution in [0, 0.1) is 5.82 Å². The second-order valence-corrected chi connectivity index (χ2v) is 4.95. The molecule has 1 aromatic rings. The molecule has 1 nitrogen and oxygen atoms in total. The van der Waals surface area contributed by atoms with Crippen molar-refractivity contribution < 1.29 is 4.39 Å².